The molecule has 21 heavy (non-hydrogen) atoms. The molecule has 0 saturated heterocycles. The first kappa shape index (κ1) is 16.1. The quantitative estimate of drug-likeness (QED) is 0.906. The van der Waals surface area contributed by atoms with Crippen molar-refractivity contribution in [2.24, 2.45) is 0 Å². The van der Waals surface area contributed by atoms with Crippen LogP contribution >= 0.6 is 11.6 Å². The number of hydrogen-bond acceptors (Lipinski definition) is 2. The molecule has 0 spiro atoms. The Morgan fingerprint density at radius 2 is 1.86 bits per heavy atom. The van der Waals surface area contributed by atoms with Gasteiger partial charge in [-0.25, -0.2) is 0 Å². The van der Waals surface area contributed by atoms with Gasteiger partial charge in [-0.15, -0.1) is 0 Å². The van der Waals surface area contributed by atoms with Gasteiger partial charge in [0.25, 0.3) is 0 Å². The van der Waals surface area contributed by atoms with Crippen LogP contribution in [0.25, 0.3) is 0 Å². The molecule has 1 amide bonds. The third-order valence-corrected chi connectivity index (χ3v) is 3.84. The number of carbonyl (C=O) groups is 1. The number of carbonyl (C=O) groups excluding carboxylic acids is 1. The van der Waals surface area contributed by atoms with Crippen molar-refractivity contribution >= 4 is 17.5 Å². The monoisotopic (exact) mass is 321 g/mol. The topological polar surface area (TPSA) is 40.5 Å². The summed E-state index contributed by atoms with van der Waals surface area (Å²) in [5, 5.41) is 9.40. The van der Waals surface area contributed by atoms with E-state index in [1.54, 1.807) is 24.3 Å². The lowest BCUT2D eigenvalue weighted by Gasteiger charge is -2.28. The zero-order valence-corrected chi connectivity index (χ0v) is 11.9. The highest BCUT2D eigenvalue weighted by Gasteiger charge is 2.53. The van der Waals surface area contributed by atoms with Gasteiger partial charge in [0.2, 0.25) is 5.91 Å². The van der Waals surface area contributed by atoms with Crippen molar-refractivity contribution in [3.8, 4) is 0 Å². The Morgan fingerprint density at radius 3 is 2.29 bits per heavy atom. The maximum Gasteiger partial charge on any atom is 0.406 e. The van der Waals surface area contributed by atoms with Gasteiger partial charge in [-0.1, -0.05) is 23.7 Å². The largest absolute Gasteiger partial charge is 0.406 e. The molecule has 1 fully saturated rings. The molecule has 3 nitrogen and oxygen atoms in total. The van der Waals surface area contributed by atoms with Gasteiger partial charge in [-0.05, 0) is 30.5 Å². The van der Waals surface area contributed by atoms with Crippen molar-refractivity contribution in [3.63, 3.8) is 0 Å². The van der Waals surface area contributed by atoms with Crippen molar-refractivity contribution in [1.82, 2.24) is 4.90 Å². The van der Waals surface area contributed by atoms with E-state index in [1.807, 2.05) is 0 Å². The Hall–Kier alpha value is -1.27. The van der Waals surface area contributed by atoms with Crippen molar-refractivity contribution in [1.29, 1.82) is 0 Å². The Balaban J connectivity index is 2.21. The average molecular weight is 322 g/mol. The number of amides is 1. The van der Waals surface area contributed by atoms with E-state index in [2.05, 4.69) is 0 Å². The first-order chi connectivity index (χ1) is 9.78. The summed E-state index contributed by atoms with van der Waals surface area (Å²) in [6.07, 6.45) is -3.47. The zero-order valence-electron chi connectivity index (χ0n) is 11.2. The summed E-state index contributed by atoms with van der Waals surface area (Å²) in [6.45, 7) is -2.17. The van der Waals surface area contributed by atoms with E-state index in [9.17, 15) is 18.0 Å². The summed E-state index contributed by atoms with van der Waals surface area (Å²) in [5.74, 6) is -0.587. The van der Waals surface area contributed by atoms with Crippen LogP contribution in [0.4, 0.5) is 13.2 Å². The zero-order chi connectivity index (χ0) is 15.7. The number of aliphatic hydroxyl groups is 1. The minimum atomic E-state index is -4.49. The third kappa shape index (κ3) is 3.68. The Labute approximate surface area is 125 Å². The van der Waals surface area contributed by atoms with Crippen molar-refractivity contribution in [2.75, 3.05) is 19.7 Å². The van der Waals surface area contributed by atoms with E-state index in [1.165, 1.54) is 0 Å². The molecule has 116 valence electrons. The lowest BCUT2D eigenvalue weighted by Crippen LogP contribution is -2.45. The van der Waals surface area contributed by atoms with Crippen LogP contribution in [0, 0.1) is 0 Å². The highest BCUT2D eigenvalue weighted by Crippen LogP contribution is 2.50. The minimum absolute atomic E-state index is 0.326. The predicted octanol–water partition coefficient (Wildman–Crippen LogP) is 2.75. The van der Waals surface area contributed by atoms with Crippen LogP contribution in [0.5, 0.6) is 0 Å². The van der Waals surface area contributed by atoms with Crippen LogP contribution in [-0.4, -0.2) is 41.8 Å². The number of alkyl halides is 3. The van der Waals surface area contributed by atoms with Gasteiger partial charge in [0, 0.05) is 11.6 Å². The fraction of sp³-hybridized carbons (Fsp3) is 0.500. The smallest absolute Gasteiger partial charge is 0.395 e. The van der Waals surface area contributed by atoms with Crippen LogP contribution in [0.1, 0.15) is 18.4 Å². The van der Waals surface area contributed by atoms with Crippen LogP contribution in [0.2, 0.25) is 5.02 Å². The van der Waals surface area contributed by atoms with Gasteiger partial charge in [0.05, 0.1) is 12.0 Å². The van der Waals surface area contributed by atoms with E-state index < -0.39 is 30.7 Å². The third-order valence-electron chi connectivity index (χ3n) is 3.58. The highest BCUT2D eigenvalue weighted by molar-refractivity contribution is 6.30. The molecule has 2 rings (SSSR count). The summed E-state index contributed by atoms with van der Waals surface area (Å²) in [6, 6.07) is 6.56. The fourth-order valence-corrected chi connectivity index (χ4v) is 2.54. The van der Waals surface area contributed by atoms with Crippen molar-refractivity contribution in [2.45, 2.75) is 24.4 Å². The van der Waals surface area contributed by atoms with Gasteiger partial charge in [-0.2, -0.15) is 13.2 Å². The summed E-state index contributed by atoms with van der Waals surface area (Å²) in [7, 11) is 0. The van der Waals surface area contributed by atoms with Crippen molar-refractivity contribution < 1.29 is 23.1 Å². The standard InChI is InChI=1S/C14H15ClF3NO2/c15-11-3-1-10(2-4-11)13(5-6-13)12(21)19(7-8-20)9-14(16,17)18/h1-4,20H,5-9H2. The number of benzene rings is 1. The van der Waals surface area contributed by atoms with E-state index in [0.29, 0.717) is 28.3 Å². The first-order valence-electron chi connectivity index (χ1n) is 6.51. The molecule has 0 atom stereocenters. The molecule has 1 saturated carbocycles. The molecule has 1 aromatic rings. The average Bonchev–Trinajstić information content (AvgIpc) is 3.18. The van der Waals surface area contributed by atoms with Gasteiger partial charge in [0.1, 0.15) is 6.54 Å². The van der Waals surface area contributed by atoms with E-state index in [-0.39, 0.29) is 6.54 Å². The summed E-state index contributed by atoms with van der Waals surface area (Å²) >= 11 is 5.78. The van der Waals surface area contributed by atoms with Gasteiger partial charge >= 0.3 is 6.18 Å². The molecule has 1 aromatic carbocycles. The molecule has 0 unspecified atom stereocenters. The van der Waals surface area contributed by atoms with Crippen LogP contribution in [-0.2, 0) is 10.2 Å². The molecule has 0 heterocycles. The first-order valence-corrected chi connectivity index (χ1v) is 6.89. The van der Waals surface area contributed by atoms with E-state index in [0.717, 1.165) is 0 Å². The van der Waals surface area contributed by atoms with Gasteiger partial charge < -0.3 is 10.0 Å². The Bertz CT molecular complexity index is 512. The molecule has 1 aliphatic rings. The van der Waals surface area contributed by atoms with Crippen molar-refractivity contribution in [3.05, 3.63) is 34.9 Å². The Kier molecular flexibility index (Phi) is 4.49. The van der Waals surface area contributed by atoms with E-state index >= 15 is 0 Å². The Morgan fingerprint density at radius 1 is 1.29 bits per heavy atom. The fourth-order valence-electron chi connectivity index (χ4n) is 2.41. The molecule has 0 bridgehead atoms. The van der Waals surface area contributed by atoms with Crippen LogP contribution in [0.15, 0.2) is 24.3 Å². The number of aliphatic hydroxyl groups excluding tert-OH is 1. The molecular formula is C14H15ClF3NO2. The number of hydrogen-bond donors (Lipinski definition) is 1. The predicted molar refractivity (Wildman–Crippen MR) is 72.1 cm³/mol. The molecule has 0 aliphatic heterocycles. The number of nitrogens with zero attached hydrogens (tertiary/aromatic N) is 1. The molecule has 0 aromatic heterocycles. The van der Waals surface area contributed by atoms with Crippen LogP contribution in [0.3, 0.4) is 0 Å². The highest BCUT2D eigenvalue weighted by atomic mass is 35.5. The normalized spacial score (nSPS) is 16.6. The maximum absolute atomic E-state index is 12.6. The lowest BCUT2D eigenvalue weighted by molar-refractivity contribution is -0.163. The second-order valence-corrected chi connectivity index (χ2v) is 5.59. The molecule has 0 radical (unpaired) electrons. The van der Waals surface area contributed by atoms with Crippen LogP contribution < -0.4 is 0 Å². The molecule has 1 N–H and O–H groups in total. The summed E-state index contributed by atoms with van der Waals surface area (Å²) < 4.78 is 37.7. The number of halogens is 4. The molecular weight excluding hydrogens is 307 g/mol. The van der Waals surface area contributed by atoms with Gasteiger partial charge in [-0.3, -0.25) is 4.79 Å². The van der Waals surface area contributed by atoms with E-state index in [4.69, 9.17) is 16.7 Å². The molecule has 7 heteroatoms. The second kappa shape index (κ2) is 5.85. The maximum atomic E-state index is 12.6. The lowest BCUT2D eigenvalue weighted by atomic mass is 9.94. The van der Waals surface area contributed by atoms with Gasteiger partial charge in [0.15, 0.2) is 0 Å². The summed E-state index contributed by atoms with van der Waals surface area (Å²) in [4.78, 5) is 13.1. The minimum Gasteiger partial charge on any atom is -0.395 e. The summed E-state index contributed by atoms with van der Waals surface area (Å²) in [5.41, 5.74) is -0.229. The number of rotatable bonds is 5. The second-order valence-electron chi connectivity index (χ2n) is 5.15. The SMILES string of the molecule is O=C(N(CCO)CC(F)(F)F)C1(c2ccc(Cl)cc2)CC1. The molecule has 1 aliphatic carbocycles.